The normalized spacial score (nSPS) is 14.9. The van der Waals surface area contributed by atoms with E-state index in [1.165, 1.54) is 7.11 Å². The number of methoxy groups -OCH3 is 1. The molecule has 0 radical (unpaired) electrons. The van der Waals surface area contributed by atoms with Crippen LogP contribution in [0.2, 0.25) is 0 Å². The highest BCUT2D eigenvalue weighted by atomic mass is 32.2. The van der Waals surface area contributed by atoms with E-state index in [0.717, 1.165) is 18.4 Å². The number of hydrogen-bond donors (Lipinski definition) is 1. The zero-order valence-corrected chi connectivity index (χ0v) is 16.6. The van der Waals surface area contributed by atoms with Gasteiger partial charge in [-0.15, -0.1) is 0 Å². The van der Waals surface area contributed by atoms with E-state index in [1.807, 2.05) is 13.0 Å². The molecular formula is C20H24N2O4S. The number of anilines is 2. The van der Waals surface area contributed by atoms with Crippen LogP contribution >= 0.6 is 0 Å². The van der Waals surface area contributed by atoms with Crippen molar-refractivity contribution in [2.45, 2.75) is 38.0 Å². The van der Waals surface area contributed by atoms with E-state index in [4.69, 9.17) is 4.74 Å². The molecule has 0 aromatic heterocycles. The first-order valence-electron chi connectivity index (χ1n) is 8.90. The predicted octanol–water partition coefficient (Wildman–Crippen LogP) is 3.63. The molecule has 0 unspecified atom stereocenters. The molecule has 7 heteroatoms. The van der Waals surface area contributed by atoms with Crippen molar-refractivity contribution < 1.29 is 17.9 Å². The van der Waals surface area contributed by atoms with Crippen LogP contribution in [0.15, 0.2) is 41.3 Å². The Hall–Kier alpha value is -2.54. The van der Waals surface area contributed by atoms with Gasteiger partial charge >= 0.3 is 0 Å². The molecule has 0 bridgehead atoms. The maximum Gasteiger partial charge on any atom is 0.262 e. The summed E-state index contributed by atoms with van der Waals surface area (Å²) in [5.74, 6) is 0.522. The van der Waals surface area contributed by atoms with Crippen LogP contribution in [0, 0.1) is 13.8 Å². The predicted molar refractivity (Wildman–Crippen MR) is 106 cm³/mol. The molecule has 3 rings (SSSR count). The Morgan fingerprint density at radius 2 is 1.85 bits per heavy atom. The second-order valence-electron chi connectivity index (χ2n) is 6.76. The van der Waals surface area contributed by atoms with Crippen LogP contribution in [-0.4, -0.2) is 28.0 Å². The minimum atomic E-state index is -3.72. The summed E-state index contributed by atoms with van der Waals surface area (Å²) in [7, 11) is -2.21. The number of nitrogens with zero attached hydrogens (tertiary/aromatic N) is 1. The lowest BCUT2D eigenvalue weighted by molar-refractivity contribution is -0.119. The van der Waals surface area contributed by atoms with Gasteiger partial charge in [0.15, 0.2) is 0 Å². The summed E-state index contributed by atoms with van der Waals surface area (Å²) in [4.78, 5) is 14.1. The zero-order valence-electron chi connectivity index (χ0n) is 15.8. The number of piperidine rings is 1. The number of carbonyl (C=O) groups is 1. The highest BCUT2D eigenvalue weighted by molar-refractivity contribution is 7.92. The third-order valence-corrected chi connectivity index (χ3v) is 6.21. The van der Waals surface area contributed by atoms with Gasteiger partial charge in [0.1, 0.15) is 5.75 Å². The van der Waals surface area contributed by atoms with Crippen molar-refractivity contribution in [2.75, 3.05) is 23.3 Å². The summed E-state index contributed by atoms with van der Waals surface area (Å²) in [6.07, 6.45) is 2.35. The maximum absolute atomic E-state index is 12.8. The van der Waals surface area contributed by atoms with Gasteiger partial charge in [0.2, 0.25) is 5.91 Å². The first kappa shape index (κ1) is 19.2. The molecule has 1 N–H and O–H groups in total. The summed E-state index contributed by atoms with van der Waals surface area (Å²) in [6.45, 7) is 4.33. The van der Waals surface area contributed by atoms with Gasteiger partial charge in [-0.2, -0.15) is 0 Å². The van der Waals surface area contributed by atoms with E-state index in [9.17, 15) is 13.2 Å². The molecule has 0 saturated carbocycles. The van der Waals surface area contributed by atoms with Gasteiger partial charge in [-0.1, -0.05) is 17.7 Å². The second kappa shape index (κ2) is 7.60. The molecule has 1 amide bonds. The molecule has 1 saturated heterocycles. The Balaban J connectivity index is 1.90. The van der Waals surface area contributed by atoms with Crippen LogP contribution in [0.4, 0.5) is 11.4 Å². The topological polar surface area (TPSA) is 75.7 Å². The van der Waals surface area contributed by atoms with E-state index in [2.05, 4.69) is 4.72 Å². The van der Waals surface area contributed by atoms with E-state index < -0.39 is 10.0 Å². The second-order valence-corrected chi connectivity index (χ2v) is 8.41. The minimum absolute atomic E-state index is 0.0585. The first-order valence-corrected chi connectivity index (χ1v) is 10.4. The smallest absolute Gasteiger partial charge is 0.262 e. The Labute approximate surface area is 160 Å². The molecular weight excluding hydrogens is 364 g/mol. The minimum Gasteiger partial charge on any atom is -0.494 e. The molecule has 0 spiro atoms. The number of rotatable bonds is 5. The van der Waals surface area contributed by atoms with Crippen molar-refractivity contribution in [2.24, 2.45) is 0 Å². The summed E-state index contributed by atoms with van der Waals surface area (Å²) >= 11 is 0. The fourth-order valence-electron chi connectivity index (χ4n) is 3.34. The Kier molecular flexibility index (Phi) is 5.41. The van der Waals surface area contributed by atoms with Crippen molar-refractivity contribution in [1.82, 2.24) is 0 Å². The number of benzene rings is 2. The van der Waals surface area contributed by atoms with E-state index in [-0.39, 0.29) is 10.8 Å². The van der Waals surface area contributed by atoms with Crippen molar-refractivity contribution >= 4 is 27.3 Å². The molecule has 144 valence electrons. The summed E-state index contributed by atoms with van der Waals surface area (Å²) in [5, 5.41) is 0. The van der Waals surface area contributed by atoms with Crippen LogP contribution in [-0.2, 0) is 14.8 Å². The van der Waals surface area contributed by atoms with Gasteiger partial charge in [0, 0.05) is 19.0 Å². The standard InChI is InChI=1S/C20H24N2O4S/c1-14-7-10-19(15(2)12-14)27(24,25)21-16-8-9-17(18(13-16)26-3)22-11-5-4-6-20(22)23/h7-10,12-13,21H,4-6,11H2,1-3H3. The Bertz CT molecular complexity index is 970. The van der Waals surface area contributed by atoms with Gasteiger partial charge in [0.25, 0.3) is 10.0 Å². The average Bonchev–Trinajstić information content (AvgIpc) is 2.61. The van der Waals surface area contributed by atoms with Crippen LogP contribution in [0.3, 0.4) is 0 Å². The first-order chi connectivity index (χ1) is 12.8. The van der Waals surface area contributed by atoms with E-state index >= 15 is 0 Å². The van der Waals surface area contributed by atoms with Crippen LogP contribution in [0.1, 0.15) is 30.4 Å². The number of carbonyl (C=O) groups excluding carboxylic acids is 1. The number of ether oxygens (including phenoxy) is 1. The van der Waals surface area contributed by atoms with Gasteiger partial charge < -0.3 is 9.64 Å². The zero-order chi connectivity index (χ0) is 19.6. The molecule has 1 fully saturated rings. The Morgan fingerprint density at radius 1 is 1.07 bits per heavy atom. The largest absolute Gasteiger partial charge is 0.494 e. The summed E-state index contributed by atoms with van der Waals surface area (Å²) in [6, 6.07) is 10.2. The molecule has 27 heavy (non-hydrogen) atoms. The van der Waals surface area contributed by atoms with Gasteiger partial charge in [-0.05, 0) is 50.5 Å². The molecule has 2 aromatic carbocycles. The number of amides is 1. The molecule has 1 heterocycles. The molecule has 0 aliphatic carbocycles. The lowest BCUT2D eigenvalue weighted by Crippen LogP contribution is -2.35. The molecule has 1 aliphatic heterocycles. The molecule has 6 nitrogen and oxygen atoms in total. The maximum atomic E-state index is 12.8. The number of nitrogens with one attached hydrogen (secondary N) is 1. The van der Waals surface area contributed by atoms with Crippen LogP contribution < -0.4 is 14.4 Å². The van der Waals surface area contributed by atoms with Crippen molar-refractivity contribution in [3.05, 3.63) is 47.5 Å². The summed E-state index contributed by atoms with van der Waals surface area (Å²) in [5.41, 5.74) is 2.74. The summed E-state index contributed by atoms with van der Waals surface area (Å²) < 4.78 is 33.5. The third-order valence-electron chi connectivity index (χ3n) is 4.67. The van der Waals surface area contributed by atoms with Crippen molar-refractivity contribution in [3.8, 4) is 5.75 Å². The average molecular weight is 388 g/mol. The fraction of sp³-hybridized carbons (Fsp3) is 0.350. The monoisotopic (exact) mass is 388 g/mol. The molecule has 1 aliphatic rings. The fourth-order valence-corrected chi connectivity index (χ4v) is 4.61. The molecule has 2 aromatic rings. The highest BCUT2D eigenvalue weighted by Crippen LogP contribution is 2.34. The van der Waals surface area contributed by atoms with Crippen molar-refractivity contribution in [3.63, 3.8) is 0 Å². The number of aryl methyl sites for hydroxylation is 2. The quantitative estimate of drug-likeness (QED) is 0.849. The third kappa shape index (κ3) is 4.08. The van der Waals surface area contributed by atoms with Gasteiger partial charge in [-0.25, -0.2) is 8.42 Å². The highest BCUT2D eigenvalue weighted by Gasteiger charge is 2.23. The number of sulfonamides is 1. The van der Waals surface area contributed by atoms with Crippen LogP contribution in [0.25, 0.3) is 0 Å². The SMILES string of the molecule is COc1cc(NS(=O)(=O)c2ccc(C)cc2C)ccc1N1CCCCC1=O. The van der Waals surface area contributed by atoms with Crippen LogP contribution in [0.5, 0.6) is 5.75 Å². The van der Waals surface area contributed by atoms with E-state index in [1.54, 1.807) is 42.2 Å². The lowest BCUT2D eigenvalue weighted by Gasteiger charge is -2.28. The van der Waals surface area contributed by atoms with Gasteiger partial charge in [0.05, 0.1) is 23.4 Å². The van der Waals surface area contributed by atoms with E-state index in [0.29, 0.717) is 35.7 Å². The van der Waals surface area contributed by atoms with Gasteiger partial charge in [-0.3, -0.25) is 9.52 Å². The molecule has 0 atom stereocenters. The van der Waals surface area contributed by atoms with Crippen molar-refractivity contribution in [1.29, 1.82) is 0 Å². The lowest BCUT2D eigenvalue weighted by atomic mass is 10.1. The Morgan fingerprint density at radius 3 is 2.52 bits per heavy atom. The number of hydrogen-bond acceptors (Lipinski definition) is 4.